The van der Waals surface area contributed by atoms with Crippen LogP contribution in [-0.2, 0) is 6.54 Å². The normalized spacial score (nSPS) is 10.8. The smallest absolute Gasteiger partial charge is 0.289 e. The molecule has 0 N–H and O–H groups in total. The molecule has 0 atom stereocenters. The molecule has 112 valence electrons. The van der Waals surface area contributed by atoms with Gasteiger partial charge in [0.2, 0.25) is 0 Å². The third kappa shape index (κ3) is 2.65. The van der Waals surface area contributed by atoms with E-state index in [1.165, 1.54) is 11.0 Å². The number of aryl methyl sites for hydroxylation is 1. The summed E-state index contributed by atoms with van der Waals surface area (Å²) in [6, 6.07) is 11.7. The first kappa shape index (κ1) is 14.1. The Morgan fingerprint density at radius 2 is 1.91 bits per heavy atom. The van der Waals surface area contributed by atoms with Crippen LogP contribution < -0.4 is 5.43 Å². The highest BCUT2D eigenvalue weighted by Gasteiger charge is 2.17. The lowest BCUT2D eigenvalue weighted by molar-refractivity contribution is 0.0744. The summed E-state index contributed by atoms with van der Waals surface area (Å²) in [5, 5.41) is 0.461. The number of carbonyl (C=O) groups is 1. The van der Waals surface area contributed by atoms with Crippen LogP contribution in [0, 0.1) is 6.92 Å². The Balaban J connectivity index is 1.89. The summed E-state index contributed by atoms with van der Waals surface area (Å²) in [5.41, 5.74) is 0.174. The molecule has 0 bridgehead atoms. The van der Waals surface area contributed by atoms with E-state index < -0.39 is 0 Å². The molecule has 0 radical (unpaired) electrons. The van der Waals surface area contributed by atoms with E-state index >= 15 is 0 Å². The van der Waals surface area contributed by atoms with Crippen LogP contribution in [-0.4, -0.2) is 17.9 Å². The van der Waals surface area contributed by atoms with Crippen molar-refractivity contribution in [2.75, 3.05) is 7.05 Å². The van der Waals surface area contributed by atoms with Gasteiger partial charge in [-0.1, -0.05) is 12.1 Å². The van der Waals surface area contributed by atoms with Crippen molar-refractivity contribution in [1.29, 1.82) is 0 Å². The zero-order valence-corrected chi connectivity index (χ0v) is 12.3. The fourth-order valence-corrected chi connectivity index (χ4v) is 2.27. The number of para-hydroxylation sites is 1. The molecule has 1 aromatic carbocycles. The van der Waals surface area contributed by atoms with Crippen molar-refractivity contribution in [3.8, 4) is 0 Å². The molecule has 5 heteroatoms. The van der Waals surface area contributed by atoms with Crippen LogP contribution in [0.4, 0.5) is 0 Å². The highest BCUT2D eigenvalue weighted by atomic mass is 16.3. The summed E-state index contributed by atoms with van der Waals surface area (Å²) in [6.45, 7) is 2.15. The van der Waals surface area contributed by atoms with Gasteiger partial charge in [0, 0.05) is 13.1 Å². The van der Waals surface area contributed by atoms with Gasteiger partial charge in [-0.15, -0.1) is 0 Å². The summed E-state index contributed by atoms with van der Waals surface area (Å²) >= 11 is 0. The number of benzene rings is 1. The molecule has 0 spiro atoms. The molecule has 0 saturated carbocycles. The summed E-state index contributed by atoms with van der Waals surface area (Å²) in [5.74, 6) is 1.12. The summed E-state index contributed by atoms with van der Waals surface area (Å²) in [7, 11) is 1.63. The quantitative estimate of drug-likeness (QED) is 0.745. The first-order chi connectivity index (χ1) is 10.5. The van der Waals surface area contributed by atoms with E-state index in [-0.39, 0.29) is 17.1 Å². The first-order valence-corrected chi connectivity index (χ1v) is 6.88. The Kier molecular flexibility index (Phi) is 3.55. The van der Waals surface area contributed by atoms with Gasteiger partial charge in [-0.05, 0) is 31.2 Å². The van der Waals surface area contributed by atoms with Crippen molar-refractivity contribution in [1.82, 2.24) is 4.90 Å². The van der Waals surface area contributed by atoms with Crippen LogP contribution in [0.1, 0.15) is 22.1 Å². The van der Waals surface area contributed by atoms with Gasteiger partial charge in [0.1, 0.15) is 17.1 Å². The van der Waals surface area contributed by atoms with E-state index in [1.54, 1.807) is 31.3 Å². The molecule has 2 aromatic heterocycles. The number of rotatable bonds is 3. The van der Waals surface area contributed by atoms with Gasteiger partial charge in [-0.2, -0.15) is 0 Å². The van der Waals surface area contributed by atoms with Crippen molar-refractivity contribution in [3.63, 3.8) is 0 Å². The van der Waals surface area contributed by atoms with Gasteiger partial charge in [-0.3, -0.25) is 9.59 Å². The minimum Gasteiger partial charge on any atom is -0.464 e. The van der Waals surface area contributed by atoms with Crippen LogP contribution in [0.5, 0.6) is 0 Å². The third-order valence-electron chi connectivity index (χ3n) is 3.38. The molecule has 0 aliphatic heterocycles. The topological polar surface area (TPSA) is 63.7 Å². The molecule has 0 aliphatic carbocycles. The van der Waals surface area contributed by atoms with E-state index in [0.717, 1.165) is 5.76 Å². The second-order valence-electron chi connectivity index (χ2n) is 5.14. The Hall–Kier alpha value is -2.82. The molecule has 0 fully saturated rings. The van der Waals surface area contributed by atoms with Gasteiger partial charge >= 0.3 is 0 Å². The van der Waals surface area contributed by atoms with Crippen LogP contribution >= 0.6 is 0 Å². The summed E-state index contributed by atoms with van der Waals surface area (Å²) in [4.78, 5) is 25.9. The van der Waals surface area contributed by atoms with Crippen molar-refractivity contribution < 1.29 is 13.6 Å². The highest BCUT2D eigenvalue weighted by molar-refractivity contribution is 5.92. The maximum atomic E-state index is 12.4. The predicted molar refractivity (Wildman–Crippen MR) is 81.7 cm³/mol. The number of carbonyl (C=O) groups excluding carboxylic acids is 1. The minimum atomic E-state index is -0.364. The van der Waals surface area contributed by atoms with Crippen LogP contribution in [0.15, 0.2) is 56.1 Å². The first-order valence-electron chi connectivity index (χ1n) is 6.88. The molecule has 22 heavy (non-hydrogen) atoms. The lowest BCUT2D eigenvalue weighted by atomic mass is 10.2. The Morgan fingerprint density at radius 1 is 1.14 bits per heavy atom. The van der Waals surface area contributed by atoms with Crippen LogP contribution in [0.25, 0.3) is 11.0 Å². The van der Waals surface area contributed by atoms with E-state index in [9.17, 15) is 9.59 Å². The molecular weight excluding hydrogens is 282 g/mol. The Labute approximate surface area is 126 Å². The number of furan rings is 1. The Morgan fingerprint density at radius 3 is 2.64 bits per heavy atom. The van der Waals surface area contributed by atoms with E-state index in [4.69, 9.17) is 8.83 Å². The minimum absolute atomic E-state index is 0.0227. The fraction of sp³-hybridized carbons (Fsp3) is 0.176. The molecule has 0 saturated heterocycles. The second-order valence-corrected chi connectivity index (χ2v) is 5.14. The standard InChI is InChI=1S/C17H15NO4/c1-11-7-8-12(21-11)10-18(2)17(20)16-9-14(19)13-5-3-4-6-15(13)22-16/h3-9H,10H2,1-2H3. The summed E-state index contributed by atoms with van der Waals surface area (Å²) < 4.78 is 11.0. The largest absolute Gasteiger partial charge is 0.464 e. The molecule has 2 heterocycles. The number of fused-ring (bicyclic) bond motifs is 1. The molecule has 5 nitrogen and oxygen atoms in total. The molecule has 0 unspecified atom stereocenters. The molecular formula is C17H15NO4. The average Bonchev–Trinajstić information content (AvgIpc) is 2.91. The molecule has 0 aliphatic rings. The van der Waals surface area contributed by atoms with Gasteiger partial charge in [0.25, 0.3) is 5.91 Å². The zero-order chi connectivity index (χ0) is 15.7. The predicted octanol–water partition coefficient (Wildman–Crippen LogP) is 2.97. The Bertz CT molecular complexity index is 891. The SMILES string of the molecule is Cc1ccc(CN(C)C(=O)c2cc(=O)c3ccccc3o2)o1. The molecule has 1 amide bonds. The van der Waals surface area contributed by atoms with Crippen molar-refractivity contribution in [2.24, 2.45) is 0 Å². The lowest BCUT2D eigenvalue weighted by Crippen LogP contribution is -2.26. The van der Waals surface area contributed by atoms with E-state index in [0.29, 0.717) is 23.3 Å². The van der Waals surface area contributed by atoms with Crippen molar-refractivity contribution >= 4 is 16.9 Å². The summed E-state index contributed by atoms with van der Waals surface area (Å²) in [6.07, 6.45) is 0. The van der Waals surface area contributed by atoms with Gasteiger partial charge < -0.3 is 13.7 Å². The third-order valence-corrected chi connectivity index (χ3v) is 3.38. The van der Waals surface area contributed by atoms with Gasteiger partial charge in [0.15, 0.2) is 11.2 Å². The second kappa shape index (κ2) is 5.52. The maximum absolute atomic E-state index is 12.4. The van der Waals surface area contributed by atoms with Gasteiger partial charge in [-0.25, -0.2) is 0 Å². The molecule has 3 aromatic rings. The van der Waals surface area contributed by atoms with Crippen LogP contribution in [0.2, 0.25) is 0 Å². The average molecular weight is 297 g/mol. The number of hydrogen-bond donors (Lipinski definition) is 0. The van der Waals surface area contributed by atoms with Crippen molar-refractivity contribution in [3.05, 3.63) is 70.0 Å². The van der Waals surface area contributed by atoms with E-state index in [1.807, 2.05) is 19.1 Å². The lowest BCUT2D eigenvalue weighted by Gasteiger charge is -2.15. The number of nitrogens with zero attached hydrogens (tertiary/aromatic N) is 1. The van der Waals surface area contributed by atoms with Crippen LogP contribution in [0.3, 0.4) is 0 Å². The monoisotopic (exact) mass is 297 g/mol. The molecule has 3 rings (SSSR count). The maximum Gasteiger partial charge on any atom is 0.289 e. The van der Waals surface area contributed by atoms with E-state index in [2.05, 4.69) is 0 Å². The zero-order valence-electron chi connectivity index (χ0n) is 12.3. The highest BCUT2D eigenvalue weighted by Crippen LogP contribution is 2.15. The fourth-order valence-electron chi connectivity index (χ4n) is 2.27. The number of amides is 1. The van der Waals surface area contributed by atoms with Crippen molar-refractivity contribution in [2.45, 2.75) is 13.5 Å². The number of hydrogen-bond acceptors (Lipinski definition) is 4. The van der Waals surface area contributed by atoms with Gasteiger partial charge in [0.05, 0.1) is 11.9 Å².